The molecule has 4 nitrogen and oxygen atoms in total. The van der Waals surface area contributed by atoms with Crippen molar-refractivity contribution in [1.82, 2.24) is 0 Å². The molecular formula is C19H14F5NO3. The van der Waals surface area contributed by atoms with Gasteiger partial charge in [0.1, 0.15) is 11.6 Å². The number of hydrogen-bond acceptors (Lipinski definition) is 3. The second-order valence-electron chi connectivity index (χ2n) is 5.84. The highest BCUT2D eigenvalue weighted by Gasteiger charge is 2.35. The zero-order valence-corrected chi connectivity index (χ0v) is 14.7. The van der Waals surface area contributed by atoms with Crippen LogP contribution in [0.4, 0.5) is 27.6 Å². The molecule has 1 N–H and O–H groups in total. The molecule has 0 heterocycles. The largest absolute Gasteiger partial charge is 0.480 e. The molecule has 0 radical (unpaired) electrons. The molecule has 0 aromatic heterocycles. The third-order valence-electron chi connectivity index (χ3n) is 4.03. The van der Waals surface area contributed by atoms with Gasteiger partial charge in [0.2, 0.25) is 0 Å². The van der Waals surface area contributed by atoms with Gasteiger partial charge in [0.15, 0.2) is 29.2 Å². The zero-order valence-electron chi connectivity index (χ0n) is 14.7. The molecule has 2 aromatic carbocycles. The van der Waals surface area contributed by atoms with Gasteiger partial charge in [-0.15, -0.1) is 0 Å². The molecular weight excluding hydrogens is 385 g/mol. The fraction of sp³-hybridized carbons (Fsp3) is 0.211. The molecule has 0 amide bonds. The number of rotatable bonds is 6. The maximum absolute atomic E-state index is 14.1. The number of carbonyl (C=O) groups excluding carboxylic acids is 1. The zero-order chi connectivity index (χ0) is 21.2. The third kappa shape index (κ3) is 4.08. The van der Waals surface area contributed by atoms with E-state index in [1.807, 2.05) is 0 Å². The van der Waals surface area contributed by atoms with Crippen LogP contribution in [0.25, 0.3) is 0 Å². The minimum absolute atomic E-state index is 0.136. The summed E-state index contributed by atoms with van der Waals surface area (Å²) in [5.74, 6) is -11.6. The summed E-state index contributed by atoms with van der Waals surface area (Å²) in [6, 6.07) is 2.47. The smallest absolute Gasteiger partial charge is 0.320 e. The van der Waals surface area contributed by atoms with Crippen molar-refractivity contribution in [3.63, 3.8) is 0 Å². The number of carbonyl (C=O) groups is 2. The summed E-state index contributed by atoms with van der Waals surface area (Å²) in [7, 11) is 0. The number of carboxylic acids is 1. The van der Waals surface area contributed by atoms with Crippen LogP contribution in [0.3, 0.4) is 0 Å². The van der Waals surface area contributed by atoms with Crippen LogP contribution < -0.4 is 0 Å². The maximum atomic E-state index is 14.1. The standard InChI is InChI=1S/C19H14F5NO3/c1-3-13(25-14-5-4-9(20)6-10(14)21)16(19(27)28)18(26)15-8(2)17(24)12(23)7-11(15)22/h4-7,16H,3H2,1-2H3,(H,27,28). The SMILES string of the molecule is CCC(=Nc1ccc(F)cc1F)C(C(=O)O)C(=O)c1c(F)cc(F)c(F)c1C. The van der Waals surface area contributed by atoms with Gasteiger partial charge in [0.25, 0.3) is 0 Å². The van der Waals surface area contributed by atoms with Gasteiger partial charge < -0.3 is 5.11 Å². The van der Waals surface area contributed by atoms with Gasteiger partial charge >= 0.3 is 5.97 Å². The van der Waals surface area contributed by atoms with Crippen LogP contribution in [0, 0.1) is 41.9 Å². The van der Waals surface area contributed by atoms with Crippen molar-refractivity contribution < 1.29 is 36.6 Å². The summed E-state index contributed by atoms with van der Waals surface area (Å²) >= 11 is 0. The molecule has 1 unspecified atom stereocenters. The van der Waals surface area contributed by atoms with Crippen molar-refractivity contribution >= 4 is 23.2 Å². The van der Waals surface area contributed by atoms with Crippen molar-refractivity contribution in [2.24, 2.45) is 10.9 Å². The normalized spacial score (nSPS) is 12.8. The van der Waals surface area contributed by atoms with E-state index in [1.165, 1.54) is 6.92 Å². The molecule has 0 aliphatic carbocycles. The Balaban J connectivity index is 2.61. The number of ketones is 1. The summed E-state index contributed by atoms with van der Waals surface area (Å²) in [5, 5.41) is 9.46. The molecule has 0 saturated carbocycles. The van der Waals surface area contributed by atoms with Crippen LogP contribution in [0.2, 0.25) is 0 Å². The number of hydrogen-bond donors (Lipinski definition) is 1. The van der Waals surface area contributed by atoms with E-state index in [4.69, 9.17) is 0 Å². The topological polar surface area (TPSA) is 66.7 Å². The minimum Gasteiger partial charge on any atom is -0.480 e. The van der Waals surface area contributed by atoms with Gasteiger partial charge in [-0.2, -0.15) is 0 Å². The molecule has 0 spiro atoms. The van der Waals surface area contributed by atoms with Gasteiger partial charge in [-0.3, -0.25) is 14.6 Å². The number of aliphatic imine (C=N–C) groups is 1. The second-order valence-corrected chi connectivity index (χ2v) is 5.84. The Labute approximate surface area is 156 Å². The highest BCUT2D eigenvalue weighted by molar-refractivity contribution is 6.24. The van der Waals surface area contributed by atoms with Crippen LogP contribution in [-0.4, -0.2) is 22.6 Å². The Morgan fingerprint density at radius 3 is 2.21 bits per heavy atom. The molecule has 9 heteroatoms. The first kappa shape index (κ1) is 21.2. The number of nitrogens with zero attached hydrogens (tertiary/aromatic N) is 1. The Bertz CT molecular complexity index is 988. The number of aliphatic carboxylic acids is 1. The molecule has 0 aliphatic heterocycles. The average Bonchev–Trinajstić information content (AvgIpc) is 2.60. The summed E-state index contributed by atoms with van der Waals surface area (Å²) in [5.41, 5.74) is -2.43. The molecule has 28 heavy (non-hydrogen) atoms. The molecule has 2 rings (SSSR count). The van der Waals surface area contributed by atoms with E-state index < -0.39 is 63.6 Å². The monoisotopic (exact) mass is 399 g/mol. The highest BCUT2D eigenvalue weighted by atomic mass is 19.2. The summed E-state index contributed by atoms with van der Waals surface area (Å²) in [6.07, 6.45) is -0.163. The first-order valence-corrected chi connectivity index (χ1v) is 8.02. The Morgan fingerprint density at radius 1 is 1.04 bits per heavy atom. The van der Waals surface area contributed by atoms with Crippen LogP contribution in [0.5, 0.6) is 0 Å². The van der Waals surface area contributed by atoms with Crippen molar-refractivity contribution in [3.8, 4) is 0 Å². The lowest BCUT2D eigenvalue weighted by atomic mass is 9.89. The van der Waals surface area contributed by atoms with Crippen molar-refractivity contribution in [3.05, 3.63) is 64.5 Å². The van der Waals surface area contributed by atoms with E-state index in [-0.39, 0.29) is 18.2 Å². The number of benzene rings is 2. The Morgan fingerprint density at radius 2 is 1.68 bits per heavy atom. The van der Waals surface area contributed by atoms with Crippen LogP contribution in [0.15, 0.2) is 29.3 Å². The van der Waals surface area contributed by atoms with Crippen LogP contribution in [0.1, 0.15) is 29.3 Å². The highest BCUT2D eigenvalue weighted by Crippen LogP contribution is 2.26. The van der Waals surface area contributed by atoms with E-state index >= 15 is 0 Å². The fourth-order valence-corrected chi connectivity index (χ4v) is 2.64. The number of Topliss-reactive ketones (excluding diaryl/α,β-unsaturated/α-hetero) is 1. The van der Waals surface area contributed by atoms with Crippen molar-refractivity contribution in [2.75, 3.05) is 0 Å². The Kier molecular flexibility index (Phi) is 6.27. The molecule has 0 saturated heterocycles. The van der Waals surface area contributed by atoms with E-state index in [0.29, 0.717) is 6.07 Å². The molecule has 0 fully saturated rings. The van der Waals surface area contributed by atoms with Gasteiger partial charge in [-0.05, 0) is 25.5 Å². The third-order valence-corrected chi connectivity index (χ3v) is 4.03. The van der Waals surface area contributed by atoms with Gasteiger partial charge in [-0.1, -0.05) is 6.92 Å². The average molecular weight is 399 g/mol. The predicted octanol–water partition coefficient (Wildman–Crippen LogP) is 4.76. The van der Waals surface area contributed by atoms with Crippen LogP contribution >= 0.6 is 0 Å². The van der Waals surface area contributed by atoms with E-state index in [1.54, 1.807) is 0 Å². The number of carboxylic acid groups (broad SMARTS) is 1. The lowest BCUT2D eigenvalue weighted by Crippen LogP contribution is -2.33. The predicted molar refractivity (Wildman–Crippen MR) is 90.3 cm³/mol. The maximum Gasteiger partial charge on any atom is 0.320 e. The summed E-state index contributed by atoms with van der Waals surface area (Å²) in [4.78, 5) is 28.1. The Hall–Kier alpha value is -3.10. The van der Waals surface area contributed by atoms with Crippen LogP contribution in [-0.2, 0) is 4.79 Å². The van der Waals surface area contributed by atoms with Gasteiger partial charge in [0.05, 0.1) is 11.3 Å². The second kappa shape index (κ2) is 8.28. The van der Waals surface area contributed by atoms with Crippen molar-refractivity contribution in [1.29, 1.82) is 0 Å². The lowest BCUT2D eigenvalue weighted by molar-refractivity contribution is -0.138. The van der Waals surface area contributed by atoms with E-state index in [2.05, 4.69) is 4.99 Å². The summed E-state index contributed by atoms with van der Waals surface area (Å²) in [6.45, 7) is 2.34. The first-order valence-electron chi connectivity index (χ1n) is 8.02. The number of halogens is 5. The molecule has 2 aromatic rings. The molecule has 0 aliphatic rings. The molecule has 1 atom stereocenters. The van der Waals surface area contributed by atoms with E-state index in [0.717, 1.165) is 19.1 Å². The first-order chi connectivity index (χ1) is 13.1. The van der Waals surface area contributed by atoms with Crippen molar-refractivity contribution in [2.45, 2.75) is 20.3 Å². The fourth-order valence-electron chi connectivity index (χ4n) is 2.64. The quantitative estimate of drug-likeness (QED) is 0.251. The minimum atomic E-state index is -2.08. The summed E-state index contributed by atoms with van der Waals surface area (Å²) < 4.78 is 68.0. The van der Waals surface area contributed by atoms with Gasteiger partial charge in [-0.25, -0.2) is 22.0 Å². The molecule has 148 valence electrons. The molecule has 0 bridgehead atoms. The van der Waals surface area contributed by atoms with E-state index in [9.17, 15) is 36.6 Å². The van der Waals surface area contributed by atoms with Gasteiger partial charge in [0, 0.05) is 23.4 Å². The lowest BCUT2D eigenvalue weighted by Gasteiger charge is -2.16.